The van der Waals surface area contributed by atoms with E-state index >= 15 is 0 Å². The molecule has 0 bridgehead atoms. The molecular weight excluding hydrogens is 291 g/mol. The summed E-state index contributed by atoms with van der Waals surface area (Å²) in [6.07, 6.45) is 2.81. The lowest BCUT2D eigenvalue weighted by Crippen LogP contribution is -2.11. The van der Waals surface area contributed by atoms with Gasteiger partial charge in [0.15, 0.2) is 5.75 Å². The van der Waals surface area contributed by atoms with Crippen LogP contribution in [0, 0.1) is 3.70 Å². The van der Waals surface area contributed by atoms with Gasteiger partial charge in [-0.05, 0) is 47.6 Å². The molecule has 0 aliphatic heterocycles. The Morgan fingerprint density at radius 1 is 1.43 bits per heavy atom. The third-order valence-electron chi connectivity index (χ3n) is 2.08. The molecular formula is C10H13IN2O. The van der Waals surface area contributed by atoms with Gasteiger partial charge >= 0.3 is 0 Å². The number of rotatable bonds is 3. The quantitative estimate of drug-likeness (QED) is 0.633. The molecule has 1 saturated carbocycles. The molecule has 0 radical (unpaired) electrons. The number of pyridine rings is 1. The highest BCUT2D eigenvalue weighted by atomic mass is 127. The van der Waals surface area contributed by atoms with Gasteiger partial charge in [0.05, 0.1) is 6.10 Å². The zero-order valence-electron chi connectivity index (χ0n) is 8.33. The summed E-state index contributed by atoms with van der Waals surface area (Å²) in [7, 11) is 3.97. The van der Waals surface area contributed by atoms with Crippen molar-refractivity contribution in [2.45, 2.75) is 18.9 Å². The summed E-state index contributed by atoms with van der Waals surface area (Å²) in [4.78, 5) is 6.43. The first kappa shape index (κ1) is 10.0. The van der Waals surface area contributed by atoms with Crippen molar-refractivity contribution >= 4 is 28.4 Å². The number of anilines is 1. The smallest absolute Gasteiger partial charge is 0.151 e. The van der Waals surface area contributed by atoms with Crippen LogP contribution in [0.3, 0.4) is 0 Å². The van der Waals surface area contributed by atoms with E-state index in [9.17, 15) is 0 Å². The van der Waals surface area contributed by atoms with Gasteiger partial charge in [0.25, 0.3) is 0 Å². The van der Waals surface area contributed by atoms with Crippen LogP contribution in [0.15, 0.2) is 12.1 Å². The van der Waals surface area contributed by atoms with E-state index in [4.69, 9.17) is 4.74 Å². The second-order valence-electron chi connectivity index (χ2n) is 3.67. The summed E-state index contributed by atoms with van der Waals surface area (Å²) < 4.78 is 6.65. The average Bonchev–Trinajstić information content (AvgIpc) is 2.92. The van der Waals surface area contributed by atoms with E-state index in [1.54, 1.807) is 0 Å². The highest BCUT2D eigenvalue weighted by Gasteiger charge is 2.24. The van der Waals surface area contributed by atoms with Crippen molar-refractivity contribution in [3.8, 4) is 5.75 Å². The molecule has 0 atom stereocenters. The van der Waals surface area contributed by atoms with Crippen LogP contribution in [0.1, 0.15) is 12.8 Å². The number of hydrogen-bond donors (Lipinski definition) is 0. The van der Waals surface area contributed by atoms with E-state index in [-0.39, 0.29) is 0 Å². The summed E-state index contributed by atoms with van der Waals surface area (Å²) in [5, 5.41) is 0. The van der Waals surface area contributed by atoms with Crippen LogP contribution in [0.25, 0.3) is 0 Å². The second kappa shape index (κ2) is 3.92. The molecule has 1 aliphatic rings. The summed E-state index contributed by atoms with van der Waals surface area (Å²) >= 11 is 2.22. The normalized spacial score (nSPS) is 15.4. The van der Waals surface area contributed by atoms with Gasteiger partial charge in [-0.2, -0.15) is 0 Å². The van der Waals surface area contributed by atoms with Gasteiger partial charge in [-0.3, -0.25) is 0 Å². The predicted octanol–water partition coefficient (Wildman–Crippen LogP) is 2.29. The van der Waals surface area contributed by atoms with E-state index in [1.165, 1.54) is 12.8 Å². The first-order chi connectivity index (χ1) is 6.66. The predicted molar refractivity (Wildman–Crippen MR) is 64.9 cm³/mol. The maximum atomic E-state index is 5.70. The lowest BCUT2D eigenvalue weighted by molar-refractivity contribution is 0.299. The highest BCUT2D eigenvalue weighted by molar-refractivity contribution is 14.1. The summed E-state index contributed by atoms with van der Waals surface area (Å²) in [5.41, 5.74) is 0. The van der Waals surface area contributed by atoms with Crippen molar-refractivity contribution in [1.82, 2.24) is 4.98 Å². The number of ether oxygens (including phenoxy) is 1. The first-order valence-electron chi connectivity index (χ1n) is 4.67. The molecule has 0 saturated heterocycles. The number of aromatic nitrogens is 1. The molecule has 76 valence electrons. The maximum absolute atomic E-state index is 5.70. The zero-order chi connectivity index (χ0) is 10.1. The summed E-state index contributed by atoms with van der Waals surface area (Å²) in [6.45, 7) is 0. The lowest BCUT2D eigenvalue weighted by Gasteiger charge is -2.13. The highest BCUT2D eigenvalue weighted by Crippen LogP contribution is 2.30. The van der Waals surface area contributed by atoms with Gasteiger partial charge in [0.2, 0.25) is 0 Å². The van der Waals surface area contributed by atoms with Crippen LogP contribution >= 0.6 is 22.6 Å². The second-order valence-corrected chi connectivity index (χ2v) is 4.69. The van der Waals surface area contributed by atoms with E-state index < -0.39 is 0 Å². The van der Waals surface area contributed by atoms with Crippen molar-refractivity contribution < 1.29 is 4.74 Å². The third-order valence-corrected chi connectivity index (χ3v) is 2.85. The molecule has 2 rings (SSSR count). The van der Waals surface area contributed by atoms with Gasteiger partial charge in [-0.1, -0.05) is 0 Å². The van der Waals surface area contributed by atoms with Gasteiger partial charge in [0, 0.05) is 14.1 Å². The van der Waals surface area contributed by atoms with Crippen molar-refractivity contribution in [2.75, 3.05) is 19.0 Å². The SMILES string of the molecule is CN(C)c1ccc(OC2CC2)c(I)n1. The van der Waals surface area contributed by atoms with Crippen LogP contribution in [-0.4, -0.2) is 25.2 Å². The van der Waals surface area contributed by atoms with E-state index in [0.29, 0.717) is 6.10 Å². The van der Waals surface area contributed by atoms with Gasteiger partial charge in [-0.15, -0.1) is 0 Å². The Morgan fingerprint density at radius 2 is 2.14 bits per heavy atom. The molecule has 0 spiro atoms. The van der Waals surface area contributed by atoms with Crippen molar-refractivity contribution in [3.05, 3.63) is 15.8 Å². The van der Waals surface area contributed by atoms with Gasteiger partial charge in [-0.25, -0.2) is 4.98 Å². The van der Waals surface area contributed by atoms with Crippen LogP contribution in [0.5, 0.6) is 5.75 Å². The third kappa shape index (κ3) is 2.29. The number of hydrogen-bond acceptors (Lipinski definition) is 3. The minimum Gasteiger partial charge on any atom is -0.488 e. The molecule has 0 unspecified atom stereocenters. The molecule has 0 aromatic carbocycles. The van der Waals surface area contributed by atoms with E-state index in [0.717, 1.165) is 15.3 Å². The van der Waals surface area contributed by atoms with Crippen LogP contribution < -0.4 is 9.64 Å². The largest absolute Gasteiger partial charge is 0.488 e. The zero-order valence-corrected chi connectivity index (χ0v) is 10.5. The summed E-state index contributed by atoms with van der Waals surface area (Å²) in [6, 6.07) is 3.99. The molecule has 1 aliphatic carbocycles. The molecule has 1 aromatic heterocycles. The van der Waals surface area contributed by atoms with E-state index in [1.807, 2.05) is 31.1 Å². The van der Waals surface area contributed by atoms with E-state index in [2.05, 4.69) is 27.6 Å². The molecule has 3 nitrogen and oxygen atoms in total. The van der Waals surface area contributed by atoms with Crippen LogP contribution in [-0.2, 0) is 0 Å². The Balaban J connectivity index is 2.17. The Kier molecular flexibility index (Phi) is 2.80. The molecule has 0 amide bonds. The monoisotopic (exact) mass is 304 g/mol. The van der Waals surface area contributed by atoms with Crippen molar-refractivity contribution in [2.24, 2.45) is 0 Å². The fourth-order valence-corrected chi connectivity index (χ4v) is 1.67. The molecule has 14 heavy (non-hydrogen) atoms. The lowest BCUT2D eigenvalue weighted by atomic mass is 10.4. The molecule has 1 aromatic rings. The fraction of sp³-hybridized carbons (Fsp3) is 0.500. The number of halogens is 1. The standard InChI is InChI=1S/C10H13IN2O/c1-13(2)9-6-5-8(10(11)12-9)14-7-3-4-7/h5-7H,3-4H2,1-2H3. The van der Waals surface area contributed by atoms with Crippen LogP contribution in [0.2, 0.25) is 0 Å². The topological polar surface area (TPSA) is 25.4 Å². The Bertz CT molecular complexity index is 337. The Labute approximate surface area is 97.6 Å². The van der Waals surface area contributed by atoms with Gasteiger partial charge < -0.3 is 9.64 Å². The Hall–Kier alpha value is -0.520. The first-order valence-corrected chi connectivity index (χ1v) is 5.75. The molecule has 1 fully saturated rings. The van der Waals surface area contributed by atoms with Gasteiger partial charge in [0.1, 0.15) is 9.52 Å². The fourth-order valence-electron chi connectivity index (χ4n) is 1.11. The average molecular weight is 304 g/mol. The maximum Gasteiger partial charge on any atom is 0.151 e. The van der Waals surface area contributed by atoms with Crippen molar-refractivity contribution in [1.29, 1.82) is 0 Å². The Morgan fingerprint density at radius 3 is 2.64 bits per heavy atom. The summed E-state index contributed by atoms with van der Waals surface area (Å²) in [5.74, 6) is 1.89. The molecule has 4 heteroatoms. The molecule has 0 N–H and O–H groups in total. The molecule has 1 heterocycles. The van der Waals surface area contributed by atoms with Crippen LogP contribution in [0.4, 0.5) is 5.82 Å². The minimum atomic E-state index is 0.440. The number of nitrogens with zero attached hydrogens (tertiary/aromatic N) is 2. The minimum absolute atomic E-state index is 0.440. The van der Waals surface area contributed by atoms with Crippen molar-refractivity contribution in [3.63, 3.8) is 0 Å².